The van der Waals surface area contributed by atoms with Gasteiger partial charge >= 0.3 is 11.9 Å². The lowest BCUT2D eigenvalue weighted by Gasteiger charge is -2.40. The number of phenolic OH excluding ortho intramolecular Hbond substituents is 2. The van der Waals surface area contributed by atoms with Gasteiger partial charge in [-0.05, 0) is 55.1 Å². The van der Waals surface area contributed by atoms with Gasteiger partial charge in [-0.15, -0.1) is 0 Å². The van der Waals surface area contributed by atoms with Crippen LogP contribution in [-0.4, -0.2) is 66.9 Å². The van der Waals surface area contributed by atoms with E-state index in [4.69, 9.17) is 0 Å². The minimum Gasteiger partial charge on any atom is -0.508 e. The molecule has 0 aromatic heterocycles. The van der Waals surface area contributed by atoms with Crippen LogP contribution in [0.15, 0.2) is 72.1 Å². The fourth-order valence-corrected chi connectivity index (χ4v) is 5.13. The topological polar surface area (TPSA) is 214 Å². The molecule has 1 aliphatic carbocycles. The number of Topliss-reactive ketones (excluding diaryl/α,β-unsaturated/α-hetero) is 1. The van der Waals surface area contributed by atoms with Crippen molar-refractivity contribution >= 4 is 29.4 Å². The fourth-order valence-electron chi connectivity index (χ4n) is 5.13. The molecule has 1 heterocycles. The van der Waals surface area contributed by atoms with E-state index in [0.29, 0.717) is 0 Å². The standard InChI is InChI=1S/C28H26N2O10/c31-15-8-6-14(7-9-15)25(36)30-18-13-29-10-2-4-17(18)28(27(39)40)11-20(33)23(21(34)12-28)24(35)22-16(26(37)38)3-1-5-19(22)32/h1-3,5-11,17-18,29,31-33,35H,4,12-13H2,(H,30,36)(H,37,38)(H,39,40)/b24-23-/t17-,18-,28?/m0/s1. The average Bonchev–Trinajstić information content (AvgIpc) is 3.13. The van der Waals surface area contributed by atoms with E-state index in [1.165, 1.54) is 30.3 Å². The zero-order chi connectivity index (χ0) is 29.2. The second kappa shape index (κ2) is 10.8. The Bertz CT molecular complexity index is 1470. The lowest BCUT2D eigenvalue weighted by Crippen LogP contribution is -2.54. The van der Waals surface area contributed by atoms with Crippen molar-refractivity contribution in [1.29, 1.82) is 0 Å². The van der Waals surface area contributed by atoms with Gasteiger partial charge in [-0.3, -0.25) is 14.4 Å². The number of benzene rings is 2. The van der Waals surface area contributed by atoms with Gasteiger partial charge < -0.3 is 41.3 Å². The smallest absolute Gasteiger partial charge is 0.336 e. The van der Waals surface area contributed by atoms with Crippen LogP contribution < -0.4 is 10.6 Å². The van der Waals surface area contributed by atoms with Crippen LogP contribution in [0, 0.1) is 11.3 Å². The maximum atomic E-state index is 13.4. The molecule has 4 rings (SSSR count). The molecule has 1 unspecified atom stereocenters. The third-order valence-electron chi connectivity index (χ3n) is 7.08. The fraction of sp³-hybridized carbons (Fsp3) is 0.214. The van der Waals surface area contributed by atoms with Crippen molar-refractivity contribution < 1.29 is 49.8 Å². The van der Waals surface area contributed by atoms with Gasteiger partial charge in [-0.1, -0.05) is 12.1 Å². The first-order valence-electron chi connectivity index (χ1n) is 12.1. The Kier molecular flexibility index (Phi) is 7.53. The zero-order valence-electron chi connectivity index (χ0n) is 20.9. The third kappa shape index (κ3) is 5.06. The van der Waals surface area contributed by atoms with Crippen molar-refractivity contribution in [2.45, 2.75) is 18.9 Å². The molecule has 1 amide bonds. The number of carboxylic acid groups (broad SMARTS) is 2. The van der Waals surface area contributed by atoms with Gasteiger partial charge in [0.2, 0.25) is 0 Å². The van der Waals surface area contributed by atoms with Crippen LogP contribution >= 0.6 is 0 Å². The highest BCUT2D eigenvalue weighted by Crippen LogP contribution is 2.46. The molecule has 0 saturated carbocycles. The van der Waals surface area contributed by atoms with Crippen molar-refractivity contribution in [1.82, 2.24) is 10.6 Å². The predicted molar refractivity (Wildman–Crippen MR) is 140 cm³/mol. The number of aliphatic carboxylic acids is 1. The summed E-state index contributed by atoms with van der Waals surface area (Å²) in [5, 5.41) is 67.1. The van der Waals surface area contributed by atoms with Crippen LogP contribution in [0.1, 0.15) is 39.1 Å². The molecule has 0 saturated heterocycles. The first-order valence-corrected chi connectivity index (χ1v) is 12.1. The Morgan fingerprint density at radius 2 is 1.68 bits per heavy atom. The number of aliphatic hydroxyl groups excluding tert-OH is 2. The first-order chi connectivity index (χ1) is 19.0. The Morgan fingerprint density at radius 1 is 0.975 bits per heavy atom. The molecule has 1 aliphatic heterocycles. The summed E-state index contributed by atoms with van der Waals surface area (Å²) in [6.07, 6.45) is 3.44. The SMILES string of the molecule is O=C1CC(C(=O)O)([C@H]2CC=CNC[C@@H]2NC(=O)c2ccc(O)cc2)C=C(O)/C1=C(/O)c1c(O)cccc1C(=O)O. The summed E-state index contributed by atoms with van der Waals surface area (Å²) in [6, 6.07) is 7.92. The summed E-state index contributed by atoms with van der Waals surface area (Å²) in [7, 11) is 0. The van der Waals surface area contributed by atoms with E-state index < -0.39 is 81.4 Å². The lowest BCUT2D eigenvalue weighted by molar-refractivity contribution is -0.152. The van der Waals surface area contributed by atoms with Crippen molar-refractivity contribution in [3.63, 3.8) is 0 Å². The maximum Gasteiger partial charge on any atom is 0.336 e. The van der Waals surface area contributed by atoms with E-state index in [1.54, 1.807) is 12.3 Å². The summed E-state index contributed by atoms with van der Waals surface area (Å²) >= 11 is 0. The molecule has 2 aromatic carbocycles. The minimum absolute atomic E-state index is 0.0488. The molecule has 0 radical (unpaired) electrons. The van der Waals surface area contributed by atoms with Gasteiger partial charge in [0, 0.05) is 24.4 Å². The van der Waals surface area contributed by atoms with Crippen LogP contribution in [0.25, 0.3) is 5.76 Å². The number of ketones is 1. The Morgan fingerprint density at radius 3 is 2.30 bits per heavy atom. The van der Waals surface area contributed by atoms with Gasteiger partial charge in [0.15, 0.2) is 5.78 Å². The highest BCUT2D eigenvalue weighted by Gasteiger charge is 2.53. The van der Waals surface area contributed by atoms with Crippen LogP contribution in [0.2, 0.25) is 0 Å². The molecule has 2 aromatic rings. The zero-order valence-corrected chi connectivity index (χ0v) is 20.9. The van der Waals surface area contributed by atoms with Crippen molar-refractivity contribution in [2.75, 3.05) is 6.54 Å². The van der Waals surface area contributed by atoms with Gasteiger partial charge in [0.1, 0.15) is 34.0 Å². The molecule has 2 aliphatic rings. The van der Waals surface area contributed by atoms with E-state index in [0.717, 1.165) is 18.2 Å². The number of aromatic carboxylic acids is 1. The average molecular weight is 551 g/mol. The second-order valence-corrected chi connectivity index (χ2v) is 9.48. The molecule has 40 heavy (non-hydrogen) atoms. The van der Waals surface area contributed by atoms with Crippen LogP contribution in [0.3, 0.4) is 0 Å². The van der Waals surface area contributed by atoms with E-state index >= 15 is 0 Å². The Balaban J connectivity index is 1.79. The molecule has 0 bridgehead atoms. The highest BCUT2D eigenvalue weighted by atomic mass is 16.4. The number of hydrogen-bond acceptors (Lipinski definition) is 9. The van der Waals surface area contributed by atoms with Crippen LogP contribution in [0.4, 0.5) is 0 Å². The normalized spacial score (nSPS) is 23.8. The number of hydrogen-bond donors (Lipinski definition) is 8. The summed E-state index contributed by atoms with van der Waals surface area (Å²) < 4.78 is 0. The summed E-state index contributed by atoms with van der Waals surface area (Å²) in [5.41, 5.74) is -3.74. The number of nitrogens with one attached hydrogen (secondary N) is 2. The number of rotatable bonds is 6. The lowest BCUT2D eigenvalue weighted by atomic mass is 9.64. The quantitative estimate of drug-likeness (QED) is 0.193. The monoisotopic (exact) mass is 550 g/mol. The minimum atomic E-state index is -2.04. The molecule has 8 N–H and O–H groups in total. The molecule has 12 nitrogen and oxygen atoms in total. The summed E-state index contributed by atoms with van der Waals surface area (Å²) in [5.74, 6) is -8.18. The van der Waals surface area contributed by atoms with Crippen molar-refractivity contribution in [3.8, 4) is 11.5 Å². The number of carboxylic acids is 2. The number of aliphatic hydroxyl groups is 2. The Labute approximate surface area is 227 Å². The molecule has 0 fully saturated rings. The number of carbonyl (C=O) groups excluding carboxylic acids is 2. The third-order valence-corrected chi connectivity index (χ3v) is 7.08. The van der Waals surface area contributed by atoms with E-state index in [1.807, 2.05) is 0 Å². The number of amides is 1. The highest BCUT2D eigenvalue weighted by molar-refractivity contribution is 6.10. The van der Waals surface area contributed by atoms with Gasteiger partial charge in [-0.25, -0.2) is 4.79 Å². The van der Waals surface area contributed by atoms with Crippen LogP contribution in [-0.2, 0) is 9.59 Å². The molecule has 12 heteroatoms. The summed E-state index contributed by atoms with van der Waals surface area (Å²) in [6.45, 7) is 0.0800. The molecule has 208 valence electrons. The number of carbonyl (C=O) groups is 4. The number of allylic oxidation sites excluding steroid dienone is 2. The second-order valence-electron chi connectivity index (χ2n) is 9.48. The largest absolute Gasteiger partial charge is 0.508 e. The van der Waals surface area contributed by atoms with E-state index in [9.17, 15) is 49.8 Å². The number of phenols is 2. The molecule has 3 atom stereocenters. The predicted octanol–water partition coefficient (Wildman–Crippen LogP) is 2.47. The molecule has 0 spiro atoms. The Hall–Kier alpha value is -5.26. The van der Waals surface area contributed by atoms with E-state index in [-0.39, 0.29) is 24.3 Å². The number of aromatic hydroxyl groups is 2. The molecular formula is C28H26N2O10. The first kappa shape index (κ1) is 27.8. The van der Waals surface area contributed by atoms with Crippen molar-refractivity contribution in [3.05, 3.63) is 88.8 Å². The van der Waals surface area contributed by atoms with Crippen molar-refractivity contribution in [2.24, 2.45) is 11.3 Å². The molecular weight excluding hydrogens is 524 g/mol. The summed E-state index contributed by atoms with van der Waals surface area (Å²) in [4.78, 5) is 50.8. The maximum absolute atomic E-state index is 13.4. The van der Waals surface area contributed by atoms with Gasteiger partial charge in [0.05, 0.1) is 17.2 Å². The van der Waals surface area contributed by atoms with Crippen LogP contribution in [0.5, 0.6) is 11.5 Å². The van der Waals surface area contributed by atoms with Gasteiger partial charge in [-0.2, -0.15) is 0 Å². The van der Waals surface area contributed by atoms with Gasteiger partial charge in [0.25, 0.3) is 5.91 Å². The van der Waals surface area contributed by atoms with E-state index in [2.05, 4.69) is 10.6 Å².